The van der Waals surface area contributed by atoms with Crippen molar-refractivity contribution in [3.05, 3.63) is 57.8 Å². The van der Waals surface area contributed by atoms with Crippen LogP contribution < -0.4 is 5.32 Å². The van der Waals surface area contributed by atoms with Gasteiger partial charge in [0.2, 0.25) is 0 Å². The highest BCUT2D eigenvalue weighted by atomic mass is 16.6. The number of carbonyl (C=O) groups is 1. The lowest BCUT2D eigenvalue weighted by molar-refractivity contribution is -0.402. The van der Waals surface area contributed by atoms with Crippen molar-refractivity contribution in [3.8, 4) is 0 Å². The fourth-order valence-corrected chi connectivity index (χ4v) is 1.67. The van der Waals surface area contributed by atoms with Crippen molar-refractivity contribution in [2.75, 3.05) is 12.4 Å². The second-order valence-corrected chi connectivity index (χ2v) is 3.89. The highest BCUT2D eigenvalue weighted by molar-refractivity contribution is 5.95. The quantitative estimate of drug-likeness (QED) is 0.512. The highest BCUT2D eigenvalue weighted by Gasteiger charge is 2.13. The number of nitro groups is 1. The number of nitrogens with zero attached hydrogens (tertiary/aromatic N) is 1. The van der Waals surface area contributed by atoms with Crippen molar-refractivity contribution in [3.63, 3.8) is 0 Å². The second-order valence-electron chi connectivity index (χ2n) is 3.89. The number of hydrogen-bond acceptors (Lipinski definition) is 6. The molecule has 104 valence electrons. The summed E-state index contributed by atoms with van der Waals surface area (Å²) < 4.78 is 9.69. The number of benzene rings is 1. The van der Waals surface area contributed by atoms with Gasteiger partial charge in [0.1, 0.15) is 10.7 Å². The molecule has 0 fully saturated rings. The van der Waals surface area contributed by atoms with E-state index >= 15 is 0 Å². The molecule has 0 aliphatic rings. The Morgan fingerprint density at radius 1 is 1.35 bits per heavy atom. The summed E-state index contributed by atoms with van der Waals surface area (Å²) in [6.45, 7) is 0.224. The summed E-state index contributed by atoms with van der Waals surface area (Å²) in [6, 6.07) is 9.60. The number of furan rings is 1. The van der Waals surface area contributed by atoms with Gasteiger partial charge in [-0.3, -0.25) is 10.1 Å². The number of carbonyl (C=O) groups excluding carboxylic acids is 1. The van der Waals surface area contributed by atoms with Crippen LogP contribution in [-0.2, 0) is 11.3 Å². The van der Waals surface area contributed by atoms with E-state index in [9.17, 15) is 14.9 Å². The zero-order chi connectivity index (χ0) is 14.5. The van der Waals surface area contributed by atoms with Gasteiger partial charge in [0, 0.05) is 5.69 Å². The molecular weight excluding hydrogens is 264 g/mol. The van der Waals surface area contributed by atoms with Crippen LogP contribution in [0.25, 0.3) is 0 Å². The summed E-state index contributed by atoms with van der Waals surface area (Å²) in [4.78, 5) is 21.5. The van der Waals surface area contributed by atoms with Crippen LogP contribution in [0, 0.1) is 10.1 Å². The maximum atomic E-state index is 11.6. The van der Waals surface area contributed by atoms with Crippen LogP contribution in [0.2, 0.25) is 0 Å². The zero-order valence-electron chi connectivity index (χ0n) is 10.7. The molecule has 0 saturated carbocycles. The maximum Gasteiger partial charge on any atom is 0.433 e. The van der Waals surface area contributed by atoms with Gasteiger partial charge >= 0.3 is 11.9 Å². The lowest BCUT2D eigenvalue weighted by Gasteiger charge is -2.09. The molecule has 0 saturated heterocycles. The Bertz CT molecular complexity index is 635. The molecule has 0 amide bonds. The molecule has 2 rings (SSSR count). The molecule has 0 atom stereocenters. The topological polar surface area (TPSA) is 94.6 Å². The largest absolute Gasteiger partial charge is 0.465 e. The van der Waals surface area contributed by atoms with Gasteiger partial charge in [-0.25, -0.2) is 4.79 Å². The van der Waals surface area contributed by atoms with Crippen LogP contribution in [-0.4, -0.2) is 18.0 Å². The molecule has 0 spiro atoms. The van der Waals surface area contributed by atoms with Crippen LogP contribution in [0.1, 0.15) is 16.1 Å². The summed E-state index contributed by atoms with van der Waals surface area (Å²) >= 11 is 0. The van der Waals surface area contributed by atoms with Crippen molar-refractivity contribution in [2.24, 2.45) is 0 Å². The molecule has 1 N–H and O–H groups in total. The zero-order valence-corrected chi connectivity index (χ0v) is 10.7. The number of methoxy groups -OCH3 is 1. The molecule has 0 aliphatic carbocycles. The molecule has 0 bridgehead atoms. The molecule has 1 heterocycles. The number of ether oxygens (including phenoxy) is 1. The van der Waals surface area contributed by atoms with Gasteiger partial charge in [-0.2, -0.15) is 0 Å². The normalized spacial score (nSPS) is 10.1. The third kappa shape index (κ3) is 2.94. The Labute approximate surface area is 114 Å². The molecule has 1 aromatic carbocycles. The molecule has 0 unspecified atom stereocenters. The third-order valence-electron chi connectivity index (χ3n) is 2.61. The van der Waals surface area contributed by atoms with Gasteiger partial charge in [0.05, 0.1) is 25.3 Å². The summed E-state index contributed by atoms with van der Waals surface area (Å²) in [7, 11) is 1.30. The molecule has 1 aromatic heterocycles. The van der Waals surface area contributed by atoms with Crippen LogP contribution in [0.3, 0.4) is 0 Å². The summed E-state index contributed by atoms with van der Waals surface area (Å²) in [5.74, 6) is -0.377. The van der Waals surface area contributed by atoms with Crippen LogP contribution >= 0.6 is 0 Å². The van der Waals surface area contributed by atoms with E-state index in [-0.39, 0.29) is 12.4 Å². The van der Waals surface area contributed by atoms with Gasteiger partial charge in [-0.1, -0.05) is 12.1 Å². The van der Waals surface area contributed by atoms with Crippen molar-refractivity contribution < 1.29 is 18.9 Å². The molecule has 20 heavy (non-hydrogen) atoms. The van der Waals surface area contributed by atoms with Crippen molar-refractivity contribution in [2.45, 2.75) is 6.54 Å². The predicted molar refractivity (Wildman–Crippen MR) is 70.5 cm³/mol. The SMILES string of the molecule is COC(=O)c1ccccc1NCc1ccc([N+](=O)[O-])o1. The lowest BCUT2D eigenvalue weighted by atomic mass is 10.2. The minimum atomic E-state index is -0.605. The number of nitrogens with one attached hydrogen (secondary N) is 1. The molecule has 0 aliphatic heterocycles. The van der Waals surface area contributed by atoms with Gasteiger partial charge in [0.25, 0.3) is 0 Å². The van der Waals surface area contributed by atoms with Gasteiger partial charge in [-0.05, 0) is 18.2 Å². The van der Waals surface area contributed by atoms with Crippen LogP contribution in [0.4, 0.5) is 11.6 Å². The number of rotatable bonds is 5. The summed E-state index contributed by atoms with van der Waals surface area (Å²) in [5.41, 5.74) is 0.953. The first kappa shape index (κ1) is 13.6. The van der Waals surface area contributed by atoms with Crippen LogP contribution in [0.5, 0.6) is 0 Å². The molecule has 7 heteroatoms. The molecule has 7 nitrogen and oxygen atoms in total. The number of hydrogen-bond donors (Lipinski definition) is 1. The molecular formula is C13H12N2O5. The van der Waals surface area contributed by atoms with E-state index < -0.39 is 10.9 Å². The van der Waals surface area contributed by atoms with Gasteiger partial charge in [-0.15, -0.1) is 0 Å². The highest BCUT2D eigenvalue weighted by Crippen LogP contribution is 2.19. The monoisotopic (exact) mass is 276 g/mol. The fraction of sp³-hybridized carbons (Fsp3) is 0.154. The smallest absolute Gasteiger partial charge is 0.433 e. The van der Waals surface area contributed by atoms with Gasteiger partial charge < -0.3 is 14.5 Å². The number of esters is 1. The van der Waals surface area contributed by atoms with E-state index in [1.54, 1.807) is 24.3 Å². The summed E-state index contributed by atoms with van der Waals surface area (Å²) in [5, 5.41) is 13.5. The summed E-state index contributed by atoms with van der Waals surface area (Å²) in [6.07, 6.45) is 0. The van der Waals surface area contributed by atoms with E-state index in [1.807, 2.05) is 0 Å². The standard InChI is InChI=1S/C13H12N2O5/c1-19-13(16)10-4-2-3-5-11(10)14-8-9-6-7-12(20-9)15(17)18/h2-7,14H,8H2,1H3. The van der Waals surface area contributed by atoms with Crippen molar-refractivity contribution in [1.82, 2.24) is 0 Å². The first-order chi connectivity index (χ1) is 9.61. The fourth-order valence-electron chi connectivity index (χ4n) is 1.67. The average Bonchev–Trinajstić information content (AvgIpc) is 2.93. The second kappa shape index (κ2) is 5.87. The first-order valence-electron chi connectivity index (χ1n) is 5.76. The predicted octanol–water partition coefficient (Wildman–Crippen LogP) is 2.59. The van der Waals surface area contributed by atoms with E-state index in [0.29, 0.717) is 17.0 Å². The average molecular weight is 276 g/mol. The van der Waals surface area contributed by atoms with E-state index in [2.05, 4.69) is 10.1 Å². The maximum absolute atomic E-state index is 11.6. The van der Waals surface area contributed by atoms with E-state index in [1.165, 1.54) is 19.2 Å². The lowest BCUT2D eigenvalue weighted by Crippen LogP contribution is -2.07. The Morgan fingerprint density at radius 3 is 2.75 bits per heavy atom. The van der Waals surface area contributed by atoms with Crippen molar-refractivity contribution in [1.29, 1.82) is 0 Å². The molecule has 2 aromatic rings. The van der Waals surface area contributed by atoms with Crippen molar-refractivity contribution >= 4 is 17.5 Å². The Kier molecular flexibility index (Phi) is 3.99. The Balaban J connectivity index is 2.10. The first-order valence-corrected chi connectivity index (χ1v) is 5.76. The Morgan fingerprint density at radius 2 is 2.10 bits per heavy atom. The third-order valence-corrected chi connectivity index (χ3v) is 2.61. The van der Waals surface area contributed by atoms with Crippen LogP contribution in [0.15, 0.2) is 40.8 Å². The van der Waals surface area contributed by atoms with E-state index in [4.69, 9.17) is 4.42 Å². The number of para-hydroxylation sites is 1. The number of anilines is 1. The minimum Gasteiger partial charge on any atom is -0.465 e. The van der Waals surface area contributed by atoms with E-state index in [0.717, 1.165) is 0 Å². The Hall–Kier alpha value is -2.83. The minimum absolute atomic E-state index is 0.224. The van der Waals surface area contributed by atoms with Gasteiger partial charge in [0.15, 0.2) is 0 Å². The molecule has 0 radical (unpaired) electrons.